The van der Waals surface area contributed by atoms with E-state index in [0.29, 0.717) is 6.10 Å². The summed E-state index contributed by atoms with van der Waals surface area (Å²) in [6.45, 7) is 2.27. The maximum Gasteiger partial charge on any atom is 0.133 e. The topological polar surface area (TPSA) is 54.8 Å². The molecule has 1 aliphatic carbocycles. The van der Waals surface area contributed by atoms with E-state index in [0.717, 1.165) is 60.2 Å². The number of benzene rings is 1. The number of nitrogens with zero attached hydrogens (tertiary/aromatic N) is 2. The van der Waals surface area contributed by atoms with E-state index in [1.165, 1.54) is 6.20 Å². The van der Waals surface area contributed by atoms with Gasteiger partial charge in [-0.05, 0) is 48.9 Å². The number of ether oxygens (including phenoxy) is 2. The van der Waals surface area contributed by atoms with Gasteiger partial charge in [-0.15, -0.1) is 0 Å². The lowest BCUT2D eigenvalue weighted by atomic mass is 10.0. The van der Waals surface area contributed by atoms with Gasteiger partial charge in [-0.2, -0.15) is 0 Å². The lowest BCUT2D eigenvalue weighted by Crippen LogP contribution is -2.24. The molecule has 26 heavy (non-hydrogen) atoms. The maximum atomic E-state index is 9.30. The quantitative estimate of drug-likeness (QED) is 0.782. The van der Waals surface area contributed by atoms with Crippen molar-refractivity contribution in [3.63, 3.8) is 0 Å². The van der Waals surface area contributed by atoms with Gasteiger partial charge in [-0.1, -0.05) is 17.8 Å². The van der Waals surface area contributed by atoms with Crippen LogP contribution in [0.2, 0.25) is 0 Å². The number of hydrogen-bond donors (Lipinski definition) is 1. The Morgan fingerprint density at radius 3 is 2.62 bits per heavy atom. The number of pyridine rings is 1. The molecular weight excluding hydrogens is 348 g/mol. The summed E-state index contributed by atoms with van der Waals surface area (Å²) in [6, 6.07) is 11.4. The zero-order valence-electron chi connectivity index (χ0n) is 14.9. The molecule has 1 N–H and O–H groups in total. The molecule has 1 aromatic carbocycles. The fourth-order valence-electron chi connectivity index (χ4n) is 4.03. The number of aromatic nitrogens is 1. The Hall–Kier alpha value is -1.92. The van der Waals surface area contributed by atoms with E-state index in [1.807, 2.05) is 30.3 Å². The molecule has 2 aromatic rings. The number of hydrogen-bond acceptors (Lipinski definition) is 6. The summed E-state index contributed by atoms with van der Waals surface area (Å²) in [6.07, 6.45) is 4.06. The molecular formula is C20H24N2O3S. The lowest BCUT2D eigenvalue weighted by Gasteiger charge is -2.19. The predicted molar refractivity (Wildman–Crippen MR) is 102 cm³/mol. The van der Waals surface area contributed by atoms with Crippen molar-refractivity contribution in [2.75, 3.05) is 26.1 Å². The second-order valence-corrected chi connectivity index (χ2v) is 8.04. The first kappa shape index (κ1) is 17.5. The summed E-state index contributed by atoms with van der Waals surface area (Å²) >= 11 is 1.73. The Morgan fingerprint density at radius 2 is 1.92 bits per heavy atom. The van der Waals surface area contributed by atoms with Gasteiger partial charge < -0.3 is 14.6 Å². The van der Waals surface area contributed by atoms with Crippen molar-refractivity contribution in [3.8, 4) is 17.2 Å². The second kappa shape index (κ2) is 7.76. The van der Waals surface area contributed by atoms with Gasteiger partial charge in [0.1, 0.15) is 17.2 Å². The Morgan fingerprint density at radius 1 is 1.15 bits per heavy atom. The average Bonchev–Trinajstić information content (AvgIpc) is 3.19. The first-order chi connectivity index (χ1) is 12.7. The molecule has 0 bridgehead atoms. The lowest BCUT2D eigenvalue weighted by molar-refractivity contribution is 0.189. The third-order valence-corrected chi connectivity index (χ3v) is 6.27. The van der Waals surface area contributed by atoms with Gasteiger partial charge in [0.25, 0.3) is 0 Å². The second-order valence-electron chi connectivity index (χ2n) is 7.07. The van der Waals surface area contributed by atoms with Crippen LogP contribution in [-0.2, 0) is 0 Å². The molecule has 4 rings (SSSR count). The highest BCUT2D eigenvalue weighted by atomic mass is 32.2. The number of fused-ring (bicyclic) bond motifs is 1. The summed E-state index contributed by atoms with van der Waals surface area (Å²) in [5.41, 5.74) is 0. The fraction of sp³-hybridized carbons (Fsp3) is 0.450. The molecule has 1 aromatic heterocycles. The molecule has 2 aliphatic rings. The highest BCUT2D eigenvalue weighted by molar-refractivity contribution is 7.99. The summed E-state index contributed by atoms with van der Waals surface area (Å²) in [7, 11) is 1.68. The third kappa shape index (κ3) is 4.07. The number of aromatic hydroxyl groups is 1. The smallest absolute Gasteiger partial charge is 0.133 e. The van der Waals surface area contributed by atoms with E-state index in [9.17, 15) is 5.11 Å². The van der Waals surface area contributed by atoms with Crippen LogP contribution in [0, 0.1) is 11.8 Å². The van der Waals surface area contributed by atoms with Crippen molar-refractivity contribution in [3.05, 3.63) is 42.6 Å². The van der Waals surface area contributed by atoms with Crippen molar-refractivity contribution in [2.24, 2.45) is 11.8 Å². The third-order valence-electron chi connectivity index (χ3n) is 5.24. The molecule has 1 aliphatic heterocycles. The van der Waals surface area contributed by atoms with Gasteiger partial charge >= 0.3 is 0 Å². The average molecular weight is 372 g/mol. The van der Waals surface area contributed by atoms with Gasteiger partial charge in [0, 0.05) is 19.2 Å². The van der Waals surface area contributed by atoms with Gasteiger partial charge in [0.2, 0.25) is 0 Å². The standard InChI is InChI=1S/C20H24N2O3S/c1-24-17-3-2-4-18(9-17)25-19-7-14-11-22(12-15(14)8-19)13-26-20-6-5-16(23)10-21-20/h2-6,9-10,14-15,19,23H,7-8,11-13H2,1H3/t14-,15+,19?. The predicted octanol–water partition coefficient (Wildman–Crippen LogP) is 3.63. The SMILES string of the molecule is COc1cccc(OC2C[C@@H]3CN(CSc4ccc(O)cn4)C[C@@H]3C2)c1. The molecule has 3 atom stereocenters. The molecule has 5 nitrogen and oxygen atoms in total. The van der Waals surface area contributed by atoms with Crippen molar-refractivity contribution in [1.29, 1.82) is 0 Å². The molecule has 2 heterocycles. The van der Waals surface area contributed by atoms with Crippen LogP contribution in [0.15, 0.2) is 47.6 Å². The Kier molecular flexibility index (Phi) is 5.22. The fourth-order valence-corrected chi connectivity index (χ4v) is 4.84. The van der Waals surface area contributed by atoms with Crippen LogP contribution in [0.3, 0.4) is 0 Å². The van der Waals surface area contributed by atoms with Crippen LogP contribution in [-0.4, -0.2) is 47.2 Å². The molecule has 0 spiro atoms. The van der Waals surface area contributed by atoms with E-state index in [1.54, 1.807) is 24.9 Å². The highest BCUT2D eigenvalue weighted by Crippen LogP contribution is 2.40. The first-order valence-electron chi connectivity index (χ1n) is 9.00. The van der Waals surface area contributed by atoms with Crippen molar-refractivity contribution in [2.45, 2.75) is 24.0 Å². The van der Waals surface area contributed by atoms with E-state index >= 15 is 0 Å². The monoisotopic (exact) mass is 372 g/mol. The molecule has 138 valence electrons. The Labute approximate surface area is 158 Å². The summed E-state index contributed by atoms with van der Waals surface area (Å²) < 4.78 is 11.5. The van der Waals surface area contributed by atoms with E-state index in [-0.39, 0.29) is 5.75 Å². The van der Waals surface area contributed by atoms with E-state index in [4.69, 9.17) is 9.47 Å². The molecule has 6 heteroatoms. The summed E-state index contributed by atoms with van der Waals surface area (Å²) in [5, 5.41) is 10.3. The number of thioether (sulfide) groups is 1. The maximum absolute atomic E-state index is 9.30. The van der Waals surface area contributed by atoms with Crippen LogP contribution in [0.25, 0.3) is 0 Å². The molecule has 1 saturated heterocycles. The highest BCUT2D eigenvalue weighted by Gasteiger charge is 2.41. The van der Waals surface area contributed by atoms with Crippen molar-refractivity contribution in [1.82, 2.24) is 9.88 Å². The van der Waals surface area contributed by atoms with Gasteiger partial charge in [0.05, 0.1) is 30.3 Å². The minimum Gasteiger partial charge on any atom is -0.506 e. The molecule has 1 saturated carbocycles. The van der Waals surface area contributed by atoms with Crippen LogP contribution < -0.4 is 9.47 Å². The normalized spacial score (nSPS) is 25.2. The largest absolute Gasteiger partial charge is 0.506 e. The van der Waals surface area contributed by atoms with Gasteiger partial charge in [0.15, 0.2) is 0 Å². The molecule has 0 amide bonds. The summed E-state index contributed by atoms with van der Waals surface area (Å²) in [4.78, 5) is 6.75. The zero-order chi connectivity index (χ0) is 17.9. The van der Waals surface area contributed by atoms with E-state index < -0.39 is 0 Å². The molecule has 0 radical (unpaired) electrons. The Bertz CT molecular complexity index is 726. The van der Waals surface area contributed by atoms with Crippen molar-refractivity contribution < 1.29 is 14.6 Å². The number of methoxy groups -OCH3 is 1. The zero-order valence-corrected chi connectivity index (χ0v) is 15.7. The molecule has 1 unspecified atom stereocenters. The first-order valence-corrected chi connectivity index (χ1v) is 9.99. The number of likely N-dealkylation sites (tertiary alicyclic amines) is 1. The number of rotatable bonds is 6. The summed E-state index contributed by atoms with van der Waals surface area (Å²) in [5.74, 6) is 4.35. The van der Waals surface area contributed by atoms with E-state index in [2.05, 4.69) is 9.88 Å². The van der Waals surface area contributed by atoms with Crippen LogP contribution in [0.1, 0.15) is 12.8 Å². The van der Waals surface area contributed by atoms with Crippen LogP contribution >= 0.6 is 11.8 Å². The van der Waals surface area contributed by atoms with Crippen LogP contribution in [0.4, 0.5) is 0 Å². The van der Waals surface area contributed by atoms with Crippen molar-refractivity contribution >= 4 is 11.8 Å². The Balaban J connectivity index is 1.25. The minimum atomic E-state index is 0.215. The minimum absolute atomic E-state index is 0.215. The van der Waals surface area contributed by atoms with Gasteiger partial charge in [-0.3, -0.25) is 4.90 Å². The molecule has 2 fully saturated rings. The van der Waals surface area contributed by atoms with Crippen LogP contribution in [0.5, 0.6) is 17.2 Å². The van der Waals surface area contributed by atoms with Gasteiger partial charge in [-0.25, -0.2) is 4.98 Å².